The number of methoxy groups -OCH3 is 1. The van der Waals surface area contributed by atoms with E-state index in [0.717, 1.165) is 4.90 Å². The summed E-state index contributed by atoms with van der Waals surface area (Å²) in [7, 11) is 4.11. The number of carboxylic acids is 1. The van der Waals surface area contributed by atoms with Crippen molar-refractivity contribution in [1.82, 2.24) is 35.4 Å². The van der Waals surface area contributed by atoms with Crippen molar-refractivity contribution in [2.24, 2.45) is 12.2 Å². The Morgan fingerprint density at radius 1 is 1.39 bits per heavy atom. The number of tetrazole rings is 1. The van der Waals surface area contributed by atoms with Gasteiger partial charge in [0.2, 0.25) is 11.6 Å². The molecule has 0 spiro atoms. The summed E-state index contributed by atoms with van der Waals surface area (Å²) in [6, 6.07) is 4.49. The minimum Gasteiger partial charge on any atom is -0.477 e. The first-order valence-corrected chi connectivity index (χ1v) is 12.7. The molecule has 3 N–H and O–H groups in total. The summed E-state index contributed by atoms with van der Waals surface area (Å²) in [5.74, 6) is -2.30. The molecule has 18 heteroatoms. The number of thioether (sulfide) groups is 2. The summed E-state index contributed by atoms with van der Waals surface area (Å²) in [6.45, 7) is 0. The van der Waals surface area contributed by atoms with E-state index in [1.54, 1.807) is 7.05 Å². The maximum absolute atomic E-state index is 13.4. The van der Waals surface area contributed by atoms with Gasteiger partial charge in [0.15, 0.2) is 5.71 Å². The zero-order chi connectivity index (χ0) is 27.4. The van der Waals surface area contributed by atoms with Gasteiger partial charge in [0, 0.05) is 25.7 Å². The van der Waals surface area contributed by atoms with Crippen LogP contribution in [0.3, 0.4) is 0 Å². The van der Waals surface area contributed by atoms with Crippen LogP contribution in [-0.4, -0.2) is 102 Å². The number of rotatable bonds is 11. The van der Waals surface area contributed by atoms with Gasteiger partial charge in [-0.25, -0.2) is 14.5 Å². The van der Waals surface area contributed by atoms with Crippen molar-refractivity contribution in [3.63, 3.8) is 0 Å². The van der Waals surface area contributed by atoms with Crippen molar-refractivity contribution >= 4 is 59.2 Å². The van der Waals surface area contributed by atoms with Gasteiger partial charge >= 0.3 is 5.97 Å². The molecule has 200 valence electrons. The average molecular weight is 564 g/mol. The number of hydrogen-bond acceptors (Lipinski definition) is 13. The summed E-state index contributed by atoms with van der Waals surface area (Å²) in [4.78, 5) is 59.6. The lowest BCUT2D eigenvalue weighted by molar-refractivity contribution is -0.191. The molecule has 2 aliphatic rings. The Morgan fingerprint density at radius 3 is 2.82 bits per heavy atom. The van der Waals surface area contributed by atoms with E-state index in [0.29, 0.717) is 17.1 Å². The minimum atomic E-state index is -1.87. The number of carbonyl (C=O) groups is 4. The minimum absolute atomic E-state index is 0.0473. The molecule has 0 bridgehead atoms. The Balaban J connectivity index is 1.59. The van der Waals surface area contributed by atoms with E-state index in [4.69, 9.17) is 9.57 Å². The predicted molar refractivity (Wildman–Crippen MR) is 133 cm³/mol. The van der Waals surface area contributed by atoms with Gasteiger partial charge in [0.25, 0.3) is 17.5 Å². The number of oxime groups is 1. The van der Waals surface area contributed by atoms with Gasteiger partial charge in [0.1, 0.15) is 29.7 Å². The molecule has 2 aromatic rings. The Bertz CT molecular complexity index is 1350. The highest BCUT2D eigenvalue weighted by molar-refractivity contribution is 8.01. The molecule has 2 aromatic heterocycles. The van der Waals surface area contributed by atoms with Crippen LogP contribution >= 0.6 is 23.5 Å². The number of ether oxygens (including phenoxy) is 1. The lowest BCUT2D eigenvalue weighted by Crippen LogP contribution is -2.81. The first-order valence-electron chi connectivity index (χ1n) is 10.7. The van der Waals surface area contributed by atoms with Crippen molar-refractivity contribution in [3.8, 4) is 0 Å². The van der Waals surface area contributed by atoms with Crippen LogP contribution in [-0.2, 0) is 35.8 Å². The smallest absolute Gasteiger partial charge is 0.352 e. The molecule has 2 aliphatic heterocycles. The molecule has 0 aliphatic carbocycles. The van der Waals surface area contributed by atoms with E-state index < -0.39 is 28.9 Å². The molecule has 0 saturated carbocycles. The summed E-state index contributed by atoms with van der Waals surface area (Å²) >= 11 is 2.46. The summed E-state index contributed by atoms with van der Waals surface area (Å²) in [6.07, 6.45) is 0.422. The van der Waals surface area contributed by atoms with E-state index in [-0.39, 0.29) is 34.4 Å². The van der Waals surface area contributed by atoms with Crippen molar-refractivity contribution < 1.29 is 33.9 Å². The number of anilines is 1. The fourth-order valence-electron chi connectivity index (χ4n) is 3.78. The summed E-state index contributed by atoms with van der Waals surface area (Å²) in [5.41, 5.74) is -1.83. The number of β-lactam (4-membered cyclic amide) rings is 1. The quantitative estimate of drug-likeness (QED) is 0.0753. The molecule has 2 atom stereocenters. The average Bonchev–Trinajstić information content (AvgIpc) is 3.32. The number of amides is 3. The number of nitrogens with zero attached hydrogens (tertiary/aromatic N) is 7. The Hall–Kier alpha value is -4.03. The molecule has 3 amide bonds. The molecule has 0 radical (unpaired) electrons. The normalized spacial score (nSPS) is 20.9. The number of aliphatic carboxylic acids is 1. The summed E-state index contributed by atoms with van der Waals surface area (Å²) < 4.78 is 6.93. The highest BCUT2D eigenvalue weighted by Gasteiger charge is 2.66. The maximum Gasteiger partial charge on any atom is 0.352 e. The van der Waals surface area contributed by atoms with Gasteiger partial charge in [-0.05, 0) is 28.1 Å². The first-order chi connectivity index (χ1) is 18.3. The van der Waals surface area contributed by atoms with Crippen molar-refractivity contribution in [1.29, 1.82) is 0 Å². The van der Waals surface area contributed by atoms with Crippen LogP contribution in [0.1, 0.15) is 5.69 Å². The monoisotopic (exact) mass is 563 g/mol. The lowest BCUT2D eigenvalue weighted by atomic mass is 9.98. The number of fused-ring (bicyclic) bond motifs is 1. The standard InChI is InChI=1S/C20H21N9O7S2/c1-28-19(24-26-27-28)38-8-10-7-37-18-20(35-2,17(34)29(18)14(10)16(32)33)23-15(31)13(25-36-3)11-5-4-6-12(22-11)21-9-30/h4-6,9,18H,7-8H2,1-3H3,(H,23,31)(H,32,33)(H,21,22,30)/t18-,20?/m0/s1. The SMILES string of the molecule is CON=C(C(=O)NC1(OC)C(=O)N2C(C(=O)O)=C(CSc3nnnn3C)CS[C@H]21)c1cccc(NC=O)n1. The van der Waals surface area contributed by atoms with Gasteiger partial charge in [-0.1, -0.05) is 23.0 Å². The van der Waals surface area contributed by atoms with E-state index in [1.807, 2.05) is 0 Å². The fraction of sp³-hybridized carbons (Fsp3) is 0.350. The molecule has 16 nitrogen and oxygen atoms in total. The van der Waals surface area contributed by atoms with E-state index in [9.17, 15) is 24.3 Å². The number of aryl methyl sites for hydroxylation is 1. The van der Waals surface area contributed by atoms with E-state index in [2.05, 4.69) is 36.3 Å². The van der Waals surface area contributed by atoms with Crippen LogP contribution in [0.5, 0.6) is 0 Å². The Labute approximate surface area is 223 Å². The number of carboxylic acid groups (broad SMARTS) is 1. The van der Waals surface area contributed by atoms with Gasteiger partial charge in [0.05, 0.1) is 0 Å². The van der Waals surface area contributed by atoms with Crippen molar-refractivity contribution in [2.45, 2.75) is 16.3 Å². The number of carbonyl (C=O) groups excluding carboxylic acids is 3. The maximum atomic E-state index is 13.4. The third kappa shape index (κ3) is 4.79. The first kappa shape index (κ1) is 27.0. The molecular formula is C20H21N9O7S2. The van der Waals surface area contributed by atoms with Crippen LogP contribution in [0, 0.1) is 0 Å². The van der Waals surface area contributed by atoms with Gasteiger partial charge < -0.3 is 25.3 Å². The van der Waals surface area contributed by atoms with Crippen LogP contribution in [0.4, 0.5) is 5.82 Å². The second kappa shape index (κ2) is 11.2. The summed E-state index contributed by atoms with van der Waals surface area (Å²) in [5, 5.41) is 29.3. The Kier molecular flexibility index (Phi) is 7.93. The topological polar surface area (TPSA) is 203 Å². The van der Waals surface area contributed by atoms with Crippen LogP contribution in [0.15, 0.2) is 39.8 Å². The second-order valence-electron chi connectivity index (χ2n) is 7.66. The van der Waals surface area contributed by atoms with Crippen LogP contribution in [0.25, 0.3) is 0 Å². The second-order valence-corrected chi connectivity index (χ2v) is 9.67. The van der Waals surface area contributed by atoms with Gasteiger partial charge in [-0.2, -0.15) is 0 Å². The third-order valence-electron chi connectivity index (χ3n) is 5.49. The lowest BCUT2D eigenvalue weighted by Gasteiger charge is -2.55. The molecular weight excluding hydrogens is 542 g/mol. The largest absolute Gasteiger partial charge is 0.477 e. The molecule has 1 saturated heterocycles. The molecule has 4 heterocycles. The van der Waals surface area contributed by atoms with Crippen LogP contribution in [0.2, 0.25) is 0 Å². The molecule has 4 rings (SSSR count). The molecule has 38 heavy (non-hydrogen) atoms. The Morgan fingerprint density at radius 2 is 2.18 bits per heavy atom. The van der Waals surface area contributed by atoms with E-state index in [1.165, 1.54) is 60.6 Å². The van der Waals surface area contributed by atoms with Gasteiger partial charge in [-0.3, -0.25) is 19.3 Å². The fourth-order valence-corrected chi connectivity index (χ4v) is 6.21. The number of nitrogens with one attached hydrogen (secondary N) is 2. The highest BCUT2D eigenvalue weighted by atomic mass is 32.2. The highest BCUT2D eigenvalue weighted by Crippen LogP contribution is 2.47. The molecule has 0 aromatic carbocycles. The van der Waals surface area contributed by atoms with Crippen LogP contribution < -0.4 is 10.6 Å². The number of hydrogen-bond donors (Lipinski definition) is 3. The van der Waals surface area contributed by atoms with Gasteiger partial charge in [-0.15, -0.1) is 16.9 Å². The van der Waals surface area contributed by atoms with Crippen molar-refractivity contribution in [2.75, 3.05) is 31.0 Å². The molecule has 1 unspecified atom stereocenters. The van der Waals surface area contributed by atoms with E-state index >= 15 is 0 Å². The number of pyridine rings is 1. The molecule has 1 fully saturated rings. The zero-order valence-corrected chi connectivity index (χ0v) is 21.8. The third-order valence-corrected chi connectivity index (χ3v) is 7.96. The zero-order valence-electron chi connectivity index (χ0n) is 20.1. The number of aromatic nitrogens is 5. The van der Waals surface area contributed by atoms with Crippen molar-refractivity contribution in [3.05, 3.63) is 35.2 Å². The predicted octanol–water partition coefficient (Wildman–Crippen LogP) is -0.971.